The number of pyridine rings is 2. The van der Waals surface area contributed by atoms with Crippen LogP contribution in [-0.4, -0.2) is 106 Å². The average Bonchev–Trinajstić information content (AvgIpc) is 3.54. The van der Waals surface area contributed by atoms with Crippen LogP contribution in [0.3, 0.4) is 0 Å². The van der Waals surface area contributed by atoms with Gasteiger partial charge in [-0.2, -0.15) is 13.2 Å². The number of benzene rings is 1. The number of fused-ring (bicyclic) bond motifs is 2. The summed E-state index contributed by atoms with van der Waals surface area (Å²) >= 11 is 0. The summed E-state index contributed by atoms with van der Waals surface area (Å²) in [6.45, 7) is 5.03. The van der Waals surface area contributed by atoms with E-state index in [1.807, 2.05) is 22.8 Å². The van der Waals surface area contributed by atoms with Gasteiger partial charge in [0.05, 0.1) is 29.3 Å². The molecule has 0 radical (unpaired) electrons. The molecule has 2 amide bonds. The van der Waals surface area contributed by atoms with E-state index in [1.54, 1.807) is 49.6 Å². The van der Waals surface area contributed by atoms with E-state index in [0.717, 1.165) is 23.7 Å². The Bertz CT molecular complexity index is 1850. The van der Waals surface area contributed by atoms with Gasteiger partial charge in [0, 0.05) is 78.6 Å². The SMILES string of the molecule is CC[C@H]1CN(C(=O)Cc2ccc(CN3CCN(CCF)CC3)c(C(F)(F)F)c2)Cc2cc(Oc3ccnc4[nH]c(C(=O)N(C)C)cc34)cnc21. The Kier molecular flexibility index (Phi) is 10.4. The molecule has 3 aromatic heterocycles. The highest BCUT2D eigenvalue weighted by molar-refractivity contribution is 5.98. The Morgan fingerprint density at radius 2 is 1.80 bits per heavy atom. The molecular formula is C36H41F4N7O3. The van der Waals surface area contributed by atoms with Gasteiger partial charge in [0.15, 0.2) is 0 Å². The van der Waals surface area contributed by atoms with Gasteiger partial charge in [-0.3, -0.25) is 24.4 Å². The first-order chi connectivity index (χ1) is 23.9. The van der Waals surface area contributed by atoms with Crippen molar-refractivity contribution in [2.75, 3.05) is 60.0 Å². The summed E-state index contributed by atoms with van der Waals surface area (Å²) in [5, 5.41) is 0.624. The standard InChI is InChI=1S/C36H41F4N7O3/c1-4-24-21-47(32(48)16-23-5-6-25(29(15-23)36(38,39)40)20-46-13-11-45(10-8-37)12-14-46)22-26-17-27(19-42-33(24)26)50-31-7-9-41-34-28(31)18-30(43-34)35(49)44(2)3/h5-7,9,15,17-19,24H,4,8,10-14,16,20-22H2,1-3H3,(H,41,43)/t24-/m0/s1. The summed E-state index contributed by atoms with van der Waals surface area (Å²) in [6, 6.07) is 9.41. The van der Waals surface area contributed by atoms with Crippen LogP contribution in [0.25, 0.3) is 11.0 Å². The van der Waals surface area contributed by atoms with Crippen molar-refractivity contribution in [2.24, 2.45) is 0 Å². The van der Waals surface area contributed by atoms with Crippen LogP contribution in [0.4, 0.5) is 17.6 Å². The predicted octanol–water partition coefficient (Wildman–Crippen LogP) is 5.64. The first-order valence-corrected chi connectivity index (χ1v) is 16.8. The highest BCUT2D eigenvalue weighted by atomic mass is 19.4. The van der Waals surface area contributed by atoms with Crippen LogP contribution in [0.1, 0.15) is 57.7 Å². The van der Waals surface area contributed by atoms with E-state index in [-0.39, 0.29) is 42.8 Å². The van der Waals surface area contributed by atoms with Gasteiger partial charge in [-0.05, 0) is 47.4 Å². The van der Waals surface area contributed by atoms with Crippen LogP contribution < -0.4 is 4.74 Å². The minimum atomic E-state index is -4.58. The molecule has 1 aromatic carbocycles. The van der Waals surface area contributed by atoms with Crippen LogP contribution in [0, 0.1) is 0 Å². The first kappa shape index (κ1) is 35.3. The van der Waals surface area contributed by atoms with E-state index in [0.29, 0.717) is 73.1 Å². The number of carbonyl (C=O) groups excluding carboxylic acids is 2. The molecule has 0 saturated carbocycles. The first-order valence-electron chi connectivity index (χ1n) is 16.8. The minimum Gasteiger partial charge on any atom is -0.455 e. The number of H-pyrrole nitrogens is 1. The number of halogens is 4. The third-order valence-electron chi connectivity index (χ3n) is 9.46. The van der Waals surface area contributed by atoms with Crippen LogP contribution in [0.2, 0.25) is 0 Å². The molecule has 5 heterocycles. The maximum atomic E-state index is 14.2. The summed E-state index contributed by atoms with van der Waals surface area (Å²) < 4.78 is 61.6. The van der Waals surface area contributed by atoms with Crippen molar-refractivity contribution in [1.82, 2.24) is 34.6 Å². The molecule has 10 nitrogen and oxygen atoms in total. The molecule has 14 heteroatoms. The second-order valence-electron chi connectivity index (χ2n) is 13.1. The number of alkyl halides is 4. The van der Waals surface area contributed by atoms with Crippen LogP contribution in [0.5, 0.6) is 11.5 Å². The molecule has 266 valence electrons. The van der Waals surface area contributed by atoms with E-state index in [4.69, 9.17) is 9.72 Å². The zero-order valence-corrected chi connectivity index (χ0v) is 28.4. The molecule has 1 saturated heterocycles. The fraction of sp³-hybridized carbons (Fsp3) is 0.444. The van der Waals surface area contributed by atoms with Crippen LogP contribution in [0.15, 0.2) is 48.8 Å². The molecule has 1 N–H and O–H groups in total. The molecule has 0 aliphatic carbocycles. The second-order valence-corrected chi connectivity index (χ2v) is 13.1. The van der Waals surface area contributed by atoms with Gasteiger partial charge in [-0.25, -0.2) is 9.37 Å². The number of hydrogen-bond acceptors (Lipinski definition) is 7. The van der Waals surface area contributed by atoms with Gasteiger partial charge < -0.3 is 19.5 Å². The van der Waals surface area contributed by atoms with E-state index < -0.39 is 18.4 Å². The smallest absolute Gasteiger partial charge is 0.416 e. The maximum Gasteiger partial charge on any atom is 0.416 e. The molecule has 1 fully saturated rings. The van der Waals surface area contributed by atoms with Crippen LogP contribution >= 0.6 is 0 Å². The van der Waals surface area contributed by atoms with Crippen molar-refractivity contribution in [2.45, 2.75) is 44.9 Å². The predicted molar refractivity (Wildman–Crippen MR) is 180 cm³/mol. The zero-order valence-electron chi connectivity index (χ0n) is 28.4. The number of aromatic amines is 1. The number of rotatable bonds is 10. The molecule has 4 aromatic rings. The third kappa shape index (κ3) is 7.76. The van der Waals surface area contributed by atoms with Gasteiger partial charge in [-0.1, -0.05) is 19.1 Å². The fourth-order valence-corrected chi connectivity index (χ4v) is 6.71. The molecule has 1 atom stereocenters. The Morgan fingerprint density at radius 3 is 2.50 bits per heavy atom. The van der Waals surface area contributed by atoms with Crippen molar-refractivity contribution in [3.05, 3.63) is 82.4 Å². The van der Waals surface area contributed by atoms with E-state index >= 15 is 0 Å². The van der Waals surface area contributed by atoms with Crippen molar-refractivity contribution in [3.63, 3.8) is 0 Å². The summed E-state index contributed by atoms with van der Waals surface area (Å²) in [6.07, 6.45) is -0.819. The molecule has 50 heavy (non-hydrogen) atoms. The molecule has 0 bridgehead atoms. The number of nitrogens with one attached hydrogen (secondary N) is 1. The number of ether oxygens (including phenoxy) is 1. The third-order valence-corrected chi connectivity index (χ3v) is 9.46. The topological polar surface area (TPSA) is 97.9 Å². The lowest BCUT2D eigenvalue weighted by atomic mass is 9.92. The minimum absolute atomic E-state index is 0.0489. The number of amides is 2. The number of hydrogen-bond donors (Lipinski definition) is 1. The Hall–Kier alpha value is -4.56. The summed E-state index contributed by atoms with van der Waals surface area (Å²) in [7, 11) is 3.32. The van der Waals surface area contributed by atoms with Crippen molar-refractivity contribution in [1.29, 1.82) is 0 Å². The monoisotopic (exact) mass is 695 g/mol. The largest absolute Gasteiger partial charge is 0.455 e. The zero-order chi connectivity index (χ0) is 35.6. The highest BCUT2D eigenvalue weighted by Gasteiger charge is 2.35. The lowest BCUT2D eigenvalue weighted by Gasteiger charge is -2.34. The van der Waals surface area contributed by atoms with Crippen molar-refractivity contribution < 1.29 is 31.9 Å². The Morgan fingerprint density at radius 1 is 1.04 bits per heavy atom. The van der Waals surface area contributed by atoms with E-state index in [2.05, 4.69) is 9.97 Å². The number of carbonyl (C=O) groups is 2. The number of aromatic nitrogens is 3. The summed E-state index contributed by atoms with van der Waals surface area (Å²) in [5.74, 6) is 0.394. The molecule has 6 rings (SSSR count). The fourth-order valence-electron chi connectivity index (χ4n) is 6.71. The van der Waals surface area contributed by atoms with Gasteiger partial charge in [0.1, 0.15) is 29.5 Å². The summed E-state index contributed by atoms with van der Waals surface area (Å²) in [5.41, 5.74) is 2.26. The van der Waals surface area contributed by atoms with Crippen molar-refractivity contribution in [3.8, 4) is 11.5 Å². The maximum absolute atomic E-state index is 14.2. The van der Waals surface area contributed by atoms with Gasteiger partial charge >= 0.3 is 6.18 Å². The molecule has 0 spiro atoms. The molecular weight excluding hydrogens is 654 g/mol. The van der Waals surface area contributed by atoms with Crippen molar-refractivity contribution >= 4 is 22.8 Å². The quantitative estimate of drug-likeness (QED) is 0.215. The number of piperazine rings is 1. The lowest BCUT2D eigenvalue weighted by molar-refractivity contribution is -0.139. The Labute approximate surface area is 288 Å². The Balaban J connectivity index is 1.17. The summed E-state index contributed by atoms with van der Waals surface area (Å²) in [4.78, 5) is 45.2. The van der Waals surface area contributed by atoms with Gasteiger partial charge in [0.2, 0.25) is 5.91 Å². The van der Waals surface area contributed by atoms with E-state index in [1.165, 1.54) is 11.0 Å². The average molecular weight is 696 g/mol. The molecule has 0 unspecified atom stereocenters. The lowest BCUT2D eigenvalue weighted by Crippen LogP contribution is -2.46. The molecule has 2 aliphatic heterocycles. The number of nitrogens with zero attached hydrogens (tertiary/aromatic N) is 6. The van der Waals surface area contributed by atoms with Gasteiger partial charge in [0.25, 0.3) is 5.91 Å². The second kappa shape index (κ2) is 14.7. The van der Waals surface area contributed by atoms with Crippen LogP contribution in [-0.2, 0) is 30.5 Å². The molecule has 2 aliphatic rings. The normalized spacial score (nSPS) is 17.2. The van der Waals surface area contributed by atoms with E-state index in [9.17, 15) is 27.2 Å². The van der Waals surface area contributed by atoms with Gasteiger partial charge in [-0.15, -0.1) is 0 Å². The highest BCUT2D eigenvalue weighted by Crippen LogP contribution is 2.36.